The van der Waals surface area contributed by atoms with Crippen LogP contribution in [0.1, 0.15) is 12.8 Å². The number of rotatable bonds is 5. The number of benzene rings is 1. The number of carbonyl (C=O) groups excluding carboxylic acids is 1. The molecule has 0 saturated carbocycles. The minimum Gasteiger partial charge on any atom is -0.492 e. The molecule has 0 radical (unpaired) electrons. The summed E-state index contributed by atoms with van der Waals surface area (Å²) in [6, 6.07) is 6.49. The highest BCUT2D eigenvalue weighted by Gasteiger charge is 2.12. The molecule has 5 nitrogen and oxygen atoms in total. The van der Waals surface area contributed by atoms with Gasteiger partial charge in [0.1, 0.15) is 23.2 Å². The molecule has 0 aliphatic heterocycles. The second kappa shape index (κ2) is 5.21. The number of unbranched alkanes of at least 4 members (excludes halogenated alkanes) is 1. The van der Waals surface area contributed by atoms with Gasteiger partial charge in [-0.25, -0.2) is 4.79 Å². The highest BCUT2D eigenvalue weighted by Crippen LogP contribution is 2.35. The molecular weight excluding hydrogens is 260 g/mol. The lowest BCUT2D eigenvalue weighted by molar-refractivity contribution is -0.108. The van der Waals surface area contributed by atoms with Gasteiger partial charge in [-0.1, -0.05) is 0 Å². The van der Waals surface area contributed by atoms with Crippen molar-refractivity contribution in [3.05, 3.63) is 40.9 Å². The molecule has 0 unspecified atom stereocenters. The monoisotopic (exact) mass is 272 g/mol. The maximum absolute atomic E-state index is 11.3. The van der Waals surface area contributed by atoms with Gasteiger partial charge in [0.15, 0.2) is 0 Å². The van der Waals surface area contributed by atoms with Gasteiger partial charge >= 0.3 is 5.63 Å². The van der Waals surface area contributed by atoms with E-state index in [-0.39, 0.29) is 0 Å². The summed E-state index contributed by atoms with van der Waals surface area (Å²) >= 11 is 0. The SMILES string of the molecule is O=CCCCOc1c2ccoc2cc2oc(=O)ccc12. The third kappa shape index (κ3) is 2.18. The van der Waals surface area contributed by atoms with Gasteiger partial charge in [-0.15, -0.1) is 0 Å². The molecule has 0 bridgehead atoms. The Balaban J connectivity index is 2.10. The molecule has 1 aromatic carbocycles. The Morgan fingerprint density at radius 3 is 2.85 bits per heavy atom. The van der Waals surface area contributed by atoms with E-state index >= 15 is 0 Å². The zero-order valence-electron chi connectivity index (χ0n) is 10.6. The van der Waals surface area contributed by atoms with Crippen molar-refractivity contribution in [3.8, 4) is 5.75 Å². The Hall–Kier alpha value is -2.56. The standard InChI is InChI=1S/C15H12O5/c16-6-1-2-7-19-15-10-3-4-14(17)20-13(10)9-12-11(15)5-8-18-12/h3-6,8-9H,1-2,7H2. The lowest BCUT2D eigenvalue weighted by Crippen LogP contribution is -2.00. The van der Waals surface area contributed by atoms with Gasteiger partial charge in [-0.2, -0.15) is 0 Å². The molecule has 0 saturated heterocycles. The molecule has 2 aromatic heterocycles. The van der Waals surface area contributed by atoms with Crippen molar-refractivity contribution < 1.29 is 18.4 Å². The molecule has 2 heterocycles. The normalized spacial score (nSPS) is 11.0. The highest BCUT2D eigenvalue weighted by atomic mass is 16.5. The fourth-order valence-electron chi connectivity index (χ4n) is 2.11. The Morgan fingerprint density at radius 1 is 1.15 bits per heavy atom. The van der Waals surface area contributed by atoms with Crippen LogP contribution in [-0.4, -0.2) is 12.9 Å². The number of fused-ring (bicyclic) bond motifs is 2. The maximum Gasteiger partial charge on any atom is 0.336 e. The third-order valence-electron chi connectivity index (χ3n) is 3.02. The van der Waals surface area contributed by atoms with Gasteiger partial charge < -0.3 is 18.4 Å². The van der Waals surface area contributed by atoms with Crippen LogP contribution in [0, 0.1) is 0 Å². The first-order chi connectivity index (χ1) is 9.79. The van der Waals surface area contributed by atoms with Crippen molar-refractivity contribution in [2.45, 2.75) is 12.8 Å². The van der Waals surface area contributed by atoms with Crippen molar-refractivity contribution >= 4 is 28.2 Å². The van der Waals surface area contributed by atoms with Crippen molar-refractivity contribution in [1.82, 2.24) is 0 Å². The van der Waals surface area contributed by atoms with Crippen molar-refractivity contribution in [2.24, 2.45) is 0 Å². The van der Waals surface area contributed by atoms with Gasteiger partial charge in [-0.05, 0) is 18.6 Å². The summed E-state index contributed by atoms with van der Waals surface area (Å²) in [5.74, 6) is 0.612. The number of aldehydes is 1. The predicted molar refractivity (Wildman–Crippen MR) is 73.0 cm³/mol. The largest absolute Gasteiger partial charge is 0.492 e. The molecule has 20 heavy (non-hydrogen) atoms. The van der Waals surface area contributed by atoms with E-state index in [1.165, 1.54) is 6.07 Å². The first kappa shape index (κ1) is 12.5. The van der Waals surface area contributed by atoms with Crippen LogP contribution in [0.25, 0.3) is 21.9 Å². The van der Waals surface area contributed by atoms with E-state index in [4.69, 9.17) is 13.6 Å². The molecule has 102 valence electrons. The van der Waals surface area contributed by atoms with E-state index in [9.17, 15) is 9.59 Å². The van der Waals surface area contributed by atoms with E-state index in [0.29, 0.717) is 41.8 Å². The topological polar surface area (TPSA) is 69.7 Å². The van der Waals surface area contributed by atoms with Crippen LogP contribution in [0.2, 0.25) is 0 Å². The molecule has 0 aliphatic carbocycles. The van der Waals surface area contributed by atoms with Crippen LogP contribution in [0.3, 0.4) is 0 Å². The van der Waals surface area contributed by atoms with E-state index in [1.54, 1.807) is 24.5 Å². The molecule has 0 atom stereocenters. The van der Waals surface area contributed by atoms with E-state index in [2.05, 4.69) is 0 Å². The molecule has 0 amide bonds. The molecular formula is C15H12O5. The number of carbonyl (C=O) groups is 1. The summed E-state index contributed by atoms with van der Waals surface area (Å²) in [6.07, 6.45) is 3.50. The average molecular weight is 272 g/mol. The van der Waals surface area contributed by atoms with Crippen LogP contribution in [0.4, 0.5) is 0 Å². The Bertz CT molecular complexity index is 812. The number of ether oxygens (including phenoxy) is 1. The van der Waals surface area contributed by atoms with Crippen LogP contribution in [0.15, 0.2) is 44.2 Å². The lowest BCUT2D eigenvalue weighted by atomic mass is 10.1. The van der Waals surface area contributed by atoms with Crippen LogP contribution in [0.5, 0.6) is 5.75 Å². The fourth-order valence-corrected chi connectivity index (χ4v) is 2.11. The first-order valence-electron chi connectivity index (χ1n) is 6.30. The Morgan fingerprint density at radius 2 is 2.00 bits per heavy atom. The summed E-state index contributed by atoms with van der Waals surface area (Å²) in [5.41, 5.74) is 0.595. The Labute approximate surface area is 113 Å². The van der Waals surface area contributed by atoms with Crippen LogP contribution >= 0.6 is 0 Å². The Kier molecular flexibility index (Phi) is 3.25. The van der Waals surface area contributed by atoms with Gasteiger partial charge in [0.05, 0.1) is 23.6 Å². The smallest absolute Gasteiger partial charge is 0.336 e. The van der Waals surface area contributed by atoms with E-state index in [0.717, 1.165) is 11.7 Å². The summed E-state index contributed by atoms with van der Waals surface area (Å²) in [5, 5.41) is 1.53. The van der Waals surface area contributed by atoms with Crippen molar-refractivity contribution in [1.29, 1.82) is 0 Å². The van der Waals surface area contributed by atoms with Gasteiger partial charge in [0.25, 0.3) is 0 Å². The van der Waals surface area contributed by atoms with Crippen molar-refractivity contribution in [3.63, 3.8) is 0 Å². The molecule has 3 aromatic rings. The quantitative estimate of drug-likeness (QED) is 0.406. The minimum atomic E-state index is -0.421. The predicted octanol–water partition coefficient (Wildman–Crippen LogP) is 2.90. The lowest BCUT2D eigenvalue weighted by Gasteiger charge is -2.09. The molecule has 5 heteroatoms. The molecule has 0 fully saturated rings. The zero-order chi connectivity index (χ0) is 13.9. The second-order valence-electron chi connectivity index (χ2n) is 4.36. The first-order valence-corrected chi connectivity index (χ1v) is 6.30. The van der Waals surface area contributed by atoms with E-state index in [1.807, 2.05) is 0 Å². The molecule has 0 N–H and O–H groups in total. The second-order valence-corrected chi connectivity index (χ2v) is 4.36. The molecule has 3 rings (SSSR count). The third-order valence-corrected chi connectivity index (χ3v) is 3.02. The van der Waals surface area contributed by atoms with Gasteiger partial charge in [0.2, 0.25) is 0 Å². The van der Waals surface area contributed by atoms with Crippen molar-refractivity contribution in [2.75, 3.05) is 6.61 Å². The highest BCUT2D eigenvalue weighted by molar-refractivity contribution is 6.01. The summed E-state index contributed by atoms with van der Waals surface area (Å²) < 4.78 is 16.2. The molecule has 0 spiro atoms. The van der Waals surface area contributed by atoms with E-state index < -0.39 is 5.63 Å². The summed E-state index contributed by atoms with van der Waals surface area (Å²) in [4.78, 5) is 21.6. The van der Waals surface area contributed by atoms with Crippen LogP contribution < -0.4 is 10.4 Å². The number of furan rings is 1. The zero-order valence-corrected chi connectivity index (χ0v) is 10.6. The van der Waals surface area contributed by atoms with Gasteiger partial charge in [-0.3, -0.25) is 0 Å². The molecule has 0 aliphatic rings. The van der Waals surface area contributed by atoms with Gasteiger partial charge in [0, 0.05) is 18.6 Å². The number of hydrogen-bond acceptors (Lipinski definition) is 5. The number of hydrogen-bond donors (Lipinski definition) is 0. The summed E-state index contributed by atoms with van der Waals surface area (Å²) in [7, 11) is 0. The minimum absolute atomic E-state index is 0.414. The maximum atomic E-state index is 11.3. The average Bonchev–Trinajstić information content (AvgIpc) is 2.90. The fraction of sp³-hybridized carbons (Fsp3) is 0.200. The summed E-state index contributed by atoms with van der Waals surface area (Å²) in [6.45, 7) is 0.414. The van der Waals surface area contributed by atoms with Crippen LogP contribution in [-0.2, 0) is 4.79 Å².